The molecule has 0 heterocycles. The first-order valence-electron chi connectivity index (χ1n) is 9.49. The Hall–Kier alpha value is -3.02. The van der Waals surface area contributed by atoms with Gasteiger partial charge in [0.1, 0.15) is 11.5 Å². The molecule has 0 atom stereocenters. The van der Waals surface area contributed by atoms with E-state index in [1.54, 1.807) is 60.7 Å². The Morgan fingerprint density at radius 1 is 0.548 bits per heavy atom. The first kappa shape index (κ1) is 21.2. The third-order valence-corrected chi connectivity index (χ3v) is 6.07. The lowest BCUT2D eigenvalue weighted by molar-refractivity contribution is 0.103. The van der Waals surface area contributed by atoms with E-state index in [0.717, 1.165) is 8.95 Å². The van der Waals surface area contributed by atoms with Gasteiger partial charge in [-0.15, -0.1) is 0 Å². The van der Waals surface area contributed by atoms with Gasteiger partial charge in [0.2, 0.25) is 0 Å². The molecule has 4 rings (SSSR count). The van der Waals surface area contributed by atoms with Gasteiger partial charge in [-0.25, -0.2) is 0 Å². The Kier molecular flexibility index (Phi) is 6.44. The van der Waals surface area contributed by atoms with Crippen molar-refractivity contribution in [2.75, 3.05) is 0 Å². The first-order chi connectivity index (χ1) is 15.0. The highest BCUT2D eigenvalue weighted by atomic mass is 79.9. The number of carbonyl (C=O) groups is 2. The summed E-state index contributed by atoms with van der Waals surface area (Å²) >= 11 is 6.84. The van der Waals surface area contributed by atoms with E-state index in [1.165, 1.54) is 0 Å². The van der Waals surface area contributed by atoms with Crippen molar-refractivity contribution in [3.63, 3.8) is 0 Å². The van der Waals surface area contributed by atoms with Crippen molar-refractivity contribution in [3.05, 3.63) is 128 Å². The molecule has 0 amide bonds. The number of hydrogen-bond donors (Lipinski definition) is 0. The highest BCUT2D eigenvalue weighted by Crippen LogP contribution is 2.26. The van der Waals surface area contributed by atoms with Crippen LogP contribution in [0.2, 0.25) is 0 Å². The maximum Gasteiger partial charge on any atom is 0.194 e. The molecule has 0 aliphatic rings. The van der Waals surface area contributed by atoms with E-state index in [-0.39, 0.29) is 11.6 Å². The average molecular weight is 536 g/mol. The molecule has 0 aromatic heterocycles. The van der Waals surface area contributed by atoms with Crippen molar-refractivity contribution in [2.45, 2.75) is 0 Å². The lowest BCUT2D eigenvalue weighted by Crippen LogP contribution is -2.03. The number of ketones is 2. The predicted octanol–water partition coefficient (Wildman–Crippen LogP) is 7.47. The Balaban J connectivity index is 1.52. The van der Waals surface area contributed by atoms with Crippen LogP contribution < -0.4 is 4.74 Å². The minimum Gasteiger partial charge on any atom is -0.457 e. The van der Waals surface area contributed by atoms with Crippen LogP contribution in [0.3, 0.4) is 0 Å². The molecule has 0 fully saturated rings. The third-order valence-electron chi connectivity index (χ3n) is 4.69. The van der Waals surface area contributed by atoms with Crippen molar-refractivity contribution in [1.82, 2.24) is 0 Å². The van der Waals surface area contributed by atoms with Crippen LogP contribution in [0.25, 0.3) is 0 Å². The minimum atomic E-state index is -0.0905. The number of halogens is 2. The van der Waals surface area contributed by atoms with Crippen molar-refractivity contribution < 1.29 is 14.3 Å². The van der Waals surface area contributed by atoms with E-state index in [9.17, 15) is 9.59 Å². The van der Waals surface area contributed by atoms with E-state index in [0.29, 0.717) is 33.8 Å². The highest BCUT2D eigenvalue weighted by Gasteiger charge is 2.14. The number of ether oxygens (including phenoxy) is 1. The highest BCUT2D eigenvalue weighted by molar-refractivity contribution is 9.10. The van der Waals surface area contributed by atoms with E-state index >= 15 is 0 Å². The monoisotopic (exact) mass is 534 g/mol. The summed E-state index contributed by atoms with van der Waals surface area (Å²) in [6.07, 6.45) is 0. The lowest BCUT2D eigenvalue weighted by Gasteiger charge is -2.09. The van der Waals surface area contributed by atoms with Gasteiger partial charge in [-0.1, -0.05) is 68.3 Å². The van der Waals surface area contributed by atoms with E-state index in [1.807, 2.05) is 36.4 Å². The van der Waals surface area contributed by atoms with Gasteiger partial charge in [0.15, 0.2) is 11.6 Å². The molecule has 0 saturated carbocycles. The molecular weight excluding hydrogens is 520 g/mol. The summed E-state index contributed by atoms with van der Waals surface area (Å²) in [5.74, 6) is 0.962. The Labute approximate surface area is 197 Å². The van der Waals surface area contributed by atoms with E-state index in [2.05, 4.69) is 31.9 Å². The molecule has 0 unspecified atom stereocenters. The molecule has 0 saturated heterocycles. The van der Waals surface area contributed by atoms with E-state index in [4.69, 9.17) is 4.74 Å². The number of rotatable bonds is 6. The second-order valence-electron chi connectivity index (χ2n) is 6.77. The summed E-state index contributed by atoms with van der Waals surface area (Å²) in [5, 5.41) is 0. The van der Waals surface area contributed by atoms with Gasteiger partial charge in [-0.3, -0.25) is 9.59 Å². The molecule has 0 aliphatic carbocycles. The van der Waals surface area contributed by atoms with Crippen LogP contribution in [-0.4, -0.2) is 11.6 Å². The van der Waals surface area contributed by atoms with Crippen LogP contribution >= 0.6 is 31.9 Å². The van der Waals surface area contributed by atoms with Crippen molar-refractivity contribution in [1.29, 1.82) is 0 Å². The summed E-state index contributed by atoms with van der Waals surface area (Å²) in [6.45, 7) is 0. The number of benzene rings is 4. The van der Waals surface area contributed by atoms with Crippen molar-refractivity contribution in [3.8, 4) is 11.5 Å². The van der Waals surface area contributed by atoms with Crippen molar-refractivity contribution in [2.24, 2.45) is 0 Å². The molecule has 4 aromatic carbocycles. The van der Waals surface area contributed by atoms with Crippen molar-refractivity contribution >= 4 is 43.4 Å². The van der Waals surface area contributed by atoms with Crippen LogP contribution in [-0.2, 0) is 0 Å². The quantitative estimate of drug-likeness (QED) is 0.240. The summed E-state index contributed by atoms with van der Waals surface area (Å²) < 4.78 is 7.42. The van der Waals surface area contributed by atoms with Gasteiger partial charge in [-0.2, -0.15) is 0 Å². The Bertz CT molecular complexity index is 1260. The van der Waals surface area contributed by atoms with Gasteiger partial charge in [0, 0.05) is 31.2 Å². The SMILES string of the molecule is O=C(c1ccc(Oc2cccc(C(=O)c3ccccc3Br)c2)cc1)c1ccccc1Br. The van der Waals surface area contributed by atoms with Gasteiger partial charge in [0.25, 0.3) is 0 Å². The summed E-state index contributed by atoms with van der Waals surface area (Å²) in [7, 11) is 0. The van der Waals surface area contributed by atoms with Gasteiger partial charge in [0.05, 0.1) is 0 Å². The average Bonchev–Trinajstić information content (AvgIpc) is 2.79. The van der Waals surface area contributed by atoms with E-state index < -0.39 is 0 Å². The number of carbonyl (C=O) groups excluding carboxylic acids is 2. The minimum absolute atomic E-state index is 0.0694. The van der Waals surface area contributed by atoms with Crippen LogP contribution in [0.5, 0.6) is 11.5 Å². The largest absolute Gasteiger partial charge is 0.457 e. The number of hydrogen-bond acceptors (Lipinski definition) is 3. The predicted molar refractivity (Wildman–Crippen MR) is 128 cm³/mol. The molecule has 0 bridgehead atoms. The normalized spacial score (nSPS) is 10.5. The van der Waals surface area contributed by atoms with Gasteiger partial charge < -0.3 is 4.74 Å². The zero-order chi connectivity index (χ0) is 21.8. The van der Waals surface area contributed by atoms with Crippen LogP contribution in [0.1, 0.15) is 31.8 Å². The second kappa shape index (κ2) is 9.41. The maximum atomic E-state index is 12.8. The maximum absolute atomic E-state index is 12.8. The molecule has 5 heteroatoms. The lowest BCUT2D eigenvalue weighted by atomic mass is 10.0. The second-order valence-corrected chi connectivity index (χ2v) is 8.48. The first-order valence-corrected chi connectivity index (χ1v) is 11.1. The van der Waals surface area contributed by atoms with Gasteiger partial charge >= 0.3 is 0 Å². The summed E-state index contributed by atoms with van der Waals surface area (Å²) in [5.41, 5.74) is 2.30. The zero-order valence-corrected chi connectivity index (χ0v) is 19.4. The molecule has 0 radical (unpaired) electrons. The smallest absolute Gasteiger partial charge is 0.194 e. The molecule has 152 valence electrons. The molecule has 3 nitrogen and oxygen atoms in total. The topological polar surface area (TPSA) is 43.4 Å². The molecule has 0 aliphatic heterocycles. The fourth-order valence-electron chi connectivity index (χ4n) is 3.11. The molecule has 0 spiro atoms. The standard InChI is InChI=1S/C26H16Br2O3/c27-23-10-3-1-8-21(23)25(29)17-12-14-19(15-13-17)31-20-7-5-6-18(16-20)26(30)22-9-2-4-11-24(22)28/h1-16H. The fourth-order valence-corrected chi connectivity index (χ4v) is 4.04. The Morgan fingerprint density at radius 3 is 1.68 bits per heavy atom. The summed E-state index contributed by atoms with van der Waals surface area (Å²) in [4.78, 5) is 25.5. The molecule has 0 N–H and O–H groups in total. The third kappa shape index (κ3) is 4.84. The molecule has 4 aromatic rings. The van der Waals surface area contributed by atoms with Crippen LogP contribution in [0.4, 0.5) is 0 Å². The van der Waals surface area contributed by atoms with Gasteiger partial charge in [-0.05, 0) is 60.7 Å². The zero-order valence-electron chi connectivity index (χ0n) is 16.2. The Morgan fingerprint density at radius 2 is 1.10 bits per heavy atom. The van der Waals surface area contributed by atoms with Crippen LogP contribution in [0.15, 0.2) is 106 Å². The summed E-state index contributed by atoms with van der Waals surface area (Å²) in [6, 6.07) is 28.6. The molecular formula is C26H16Br2O3. The molecule has 31 heavy (non-hydrogen) atoms. The fraction of sp³-hybridized carbons (Fsp3) is 0. The van der Waals surface area contributed by atoms with Crippen LogP contribution in [0, 0.1) is 0 Å².